The van der Waals surface area contributed by atoms with Gasteiger partial charge in [-0.2, -0.15) is 13.2 Å². The number of rotatable bonds is 3. The molecular formula is C13H17BrF3NS. The second-order valence-electron chi connectivity index (χ2n) is 5.32. The highest BCUT2D eigenvalue weighted by Crippen LogP contribution is 2.34. The van der Waals surface area contributed by atoms with E-state index in [-0.39, 0.29) is 10.8 Å². The first-order valence-corrected chi connectivity index (χ1v) is 7.41. The van der Waals surface area contributed by atoms with Gasteiger partial charge in [-0.05, 0) is 51.5 Å². The Bertz CT molecular complexity index is 440. The third kappa shape index (κ3) is 5.75. The van der Waals surface area contributed by atoms with Crippen molar-refractivity contribution >= 4 is 27.9 Å². The lowest BCUT2D eigenvalue weighted by Crippen LogP contribution is -2.20. The van der Waals surface area contributed by atoms with Crippen molar-refractivity contribution in [1.29, 1.82) is 0 Å². The first-order chi connectivity index (χ1) is 8.49. The van der Waals surface area contributed by atoms with Gasteiger partial charge >= 0.3 is 6.18 Å². The molecule has 19 heavy (non-hydrogen) atoms. The Balaban J connectivity index is 2.91. The van der Waals surface area contributed by atoms with Gasteiger partial charge in [0.05, 0.1) is 5.56 Å². The molecule has 0 aliphatic heterocycles. The molecule has 0 bridgehead atoms. The van der Waals surface area contributed by atoms with Crippen molar-refractivity contribution in [2.24, 2.45) is 0 Å². The van der Waals surface area contributed by atoms with Crippen LogP contribution in [0.5, 0.6) is 0 Å². The van der Waals surface area contributed by atoms with Crippen LogP contribution >= 0.6 is 27.9 Å². The summed E-state index contributed by atoms with van der Waals surface area (Å²) in [5.41, 5.74) is -0.0234. The maximum absolute atomic E-state index is 12.7. The highest BCUT2D eigenvalue weighted by atomic mass is 79.9. The minimum absolute atomic E-state index is 0.00707. The van der Waals surface area contributed by atoms with Crippen LogP contribution in [0.4, 0.5) is 13.2 Å². The molecule has 6 heteroatoms. The van der Waals surface area contributed by atoms with Gasteiger partial charge in [-0.25, -0.2) is 0 Å². The Kier molecular flexibility index (Phi) is 5.37. The molecule has 1 atom stereocenters. The molecule has 1 aromatic rings. The molecule has 0 radical (unpaired) electrons. The number of hydrogen-bond acceptors (Lipinski definition) is 2. The molecule has 1 aromatic carbocycles. The van der Waals surface area contributed by atoms with E-state index in [4.69, 9.17) is 0 Å². The average molecular weight is 356 g/mol. The van der Waals surface area contributed by atoms with E-state index in [1.165, 1.54) is 18.0 Å². The standard InChI is InChI=1S/C13H17BrF3NS/c1-8(18-19-12(2,3)4)9-5-10(13(15,16)17)7-11(14)6-9/h5-8,18H,1-4H3/t8-/m0/s1. The van der Waals surface area contributed by atoms with Crippen molar-refractivity contribution in [3.05, 3.63) is 33.8 Å². The number of benzene rings is 1. The molecular weight excluding hydrogens is 339 g/mol. The number of hydrogen-bond donors (Lipinski definition) is 1. The van der Waals surface area contributed by atoms with E-state index < -0.39 is 11.7 Å². The molecule has 0 saturated heterocycles. The summed E-state index contributed by atoms with van der Waals surface area (Å²) in [6.07, 6.45) is -4.32. The predicted octanol–water partition coefficient (Wildman–Crippen LogP) is 5.57. The molecule has 0 spiro atoms. The first-order valence-electron chi connectivity index (χ1n) is 5.80. The van der Waals surface area contributed by atoms with Crippen molar-refractivity contribution in [2.45, 2.75) is 44.7 Å². The summed E-state index contributed by atoms with van der Waals surface area (Å²) in [4.78, 5) is 0. The van der Waals surface area contributed by atoms with Gasteiger partial charge in [0.15, 0.2) is 0 Å². The van der Waals surface area contributed by atoms with Crippen LogP contribution in [0.25, 0.3) is 0 Å². The van der Waals surface area contributed by atoms with Gasteiger partial charge in [-0.1, -0.05) is 27.9 Å². The number of nitrogens with one attached hydrogen (secondary N) is 1. The minimum Gasteiger partial charge on any atom is -0.256 e. The molecule has 0 unspecified atom stereocenters. The molecule has 0 heterocycles. The van der Waals surface area contributed by atoms with Crippen LogP contribution in [0, 0.1) is 0 Å². The Morgan fingerprint density at radius 2 is 1.74 bits per heavy atom. The third-order valence-electron chi connectivity index (χ3n) is 2.29. The van der Waals surface area contributed by atoms with Gasteiger partial charge < -0.3 is 0 Å². The maximum Gasteiger partial charge on any atom is 0.416 e. The van der Waals surface area contributed by atoms with Gasteiger partial charge in [-0.15, -0.1) is 0 Å². The fourth-order valence-electron chi connectivity index (χ4n) is 1.36. The van der Waals surface area contributed by atoms with E-state index in [0.29, 0.717) is 10.0 Å². The van der Waals surface area contributed by atoms with Crippen LogP contribution in [0.15, 0.2) is 22.7 Å². The molecule has 108 valence electrons. The maximum atomic E-state index is 12.7. The van der Waals surface area contributed by atoms with Crippen LogP contribution in [-0.4, -0.2) is 4.75 Å². The van der Waals surface area contributed by atoms with Crippen LogP contribution in [0.1, 0.15) is 44.9 Å². The van der Waals surface area contributed by atoms with E-state index in [9.17, 15) is 13.2 Å². The molecule has 0 aliphatic rings. The fourth-order valence-corrected chi connectivity index (χ4v) is 2.54. The second-order valence-corrected chi connectivity index (χ2v) is 7.91. The van der Waals surface area contributed by atoms with Crippen LogP contribution < -0.4 is 4.72 Å². The third-order valence-corrected chi connectivity index (χ3v) is 3.83. The van der Waals surface area contributed by atoms with E-state index in [0.717, 1.165) is 6.07 Å². The Hall–Kier alpha value is -0.200. The molecule has 0 amide bonds. The quantitative estimate of drug-likeness (QED) is 0.711. The zero-order valence-electron chi connectivity index (χ0n) is 11.2. The Morgan fingerprint density at radius 1 is 1.16 bits per heavy atom. The van der Waals surface area contributed by atoms with Crippen molar-refractivity contribution in [3.63, 3.8) is 0 Å². The number of alkyl halides is 3. The SMILES string of the molecule is C[C@H](NSC(C)(C)C)c1cc(Br)cc(C(F)(F)F)c1. The summed E-state index contributed by atoms with van der Waals surface area (Å²) < 4.78 is 41.8. The summed E-state index contributed by atoms with van der Waals surface area (Å²) in [6.45, 7) is 7.97. The zero-order chi connectivity index (χ0) is 14.8. The minimum atomic E-state index is -4.32. The monoisotopic (exact) mass is 355 g/mol. The van der Waals surface area contributed by atoms with Crippen molar-refractivity contribution in [1.82, 2.24) is 4.72 Å². The van der Waals surface area contributed by atoms with Crippen molar-refractivity contribution in [3.8, 4) is 0 Å². The molecule has 1 N–H and O–H groups in total. The molecule has 1 nitrogen and oxygen atoms in total. The van der Waals surface area contributed by atoms with Gasteiger partial charge in [-0.3, -0.25) is 4.72 Å². The highest BCUT2D eigenvalue weighted by molar-refractivity contribution is 9.10. The van der Waals surface area contributed by atoms with Gasteiger partial charge in [0.25, 0.3) is 0 Å². The van der Waals surface area contributed by atoms with Crippen LogP contribution in [-0.2, 0) is 6.18 Å². The van der Waals surface area contributed by atoms with Crippen LogP contribution in [0.3, 0.4) is 0 Å². The molecule has 0 aliphatic carbocycles. The normalized spacial score (nSPS) is 14.5. The highest BCUT2D eigenvalue weighted by Gasteiger charge is 2.31. The van der Waals surface area contributed by atoms with Gasteiger partial charge in [0, 0.05) is 15.3 Å². The number of halogens is 4. The van der Waals surface area contributed by atoms with Crippen molar-refractivity contribution in [2.75, 3.05) is 0 Å². The topological polar surface area (TPSA) is 12.0 Å². The van der Waals surface area contributed by atoms with Crippen molar-refractivity contribution < 1.29 is 13.2 Å². The zero-order valence-corrected chi connectivity index (χ0v) is 13.6. The fraction of sp³-hybridized carbons (Fsp3) is 0.538. The van der Waals surface area contributed by atoms with E-state index >= 15 is 0 Å². The Labute approximate surface area is 124 Å². The van der Waals surface area contributed by atoms with E-state index in [1.54, 1.807) is 6.07 Å². The largest absolute Gasteiger partial charge is 0.416 e. The average Bonchev–Trinajstić information content (AvgIpc) is 2.22. The summed E-state index contributed by atoms with van der Waals surface area (Å²) in [7, 11) is 0. The van der Waals surface area contributed by atoms with E-state index in [1.807, 2.05) is 27.7 Å². The molecule has 0 fully saturated rings. The summed E-state index contributed by atoms with van der Waals surface area (Å²) >= 11 is 4.64. The summed E-state index contributed by atoms with van der Waals surface area (Å²) in [5.74, 6) is 0. The van der Waals surface area contributed by atoms with Gasteiger partial charge in [0.2, 0.25) is 0 Å². The lowest BCUT2D eigenvalue weighted by molar-refractivity contribution is -0.137. The van der Waals surface area contributed by atoms with Crippen LogP contribution in [0.2, 0.25) is 0 Å². The molecule has 0 saturated carbocycles. The molecule has 1 rings (SSSR count). The summed E-state index contributed by atoms with van der Waals surface area (Å²) in [5, 5.41) is 0. The Morgan fingerprint density at radius 3 is 2.21 bits per heavy atom. The second kappa shape index (κ2) is 6.06. The molecule has 0 aromatic heterocycles. The smallest absolute Gasteiger partial charge is 0.256 e. The lowest BCUT2D eigenvalue weighted by Gasteiger charge is -2.22. The summed E-state index contributed by atoms with van der Waals surface area (Å²) in [6, 6.07) is 3.82. The van der Waals surface area contributed by atoms with E-state index in [2.05, 4.69) is 20.7 Å². The predicted molar refractivity (Wildman–Crippen MR) is 78.0 cm³/mol. The van der Waals surface area contributed by atoms with Gasteiger partial charge in [0.1, 0.15) is 0 Å². The lowest BCUT2D eigenvalue weighted by atomic mass is 10.1. The first kappa shape index (κ1) is 16.9.